The van der Waals surface area contributed by atoms with Crippen molar-refractivity contribution in [3.8, 4) is 19.5 Å². The molecule has 0 amide bonds. The molecule has 8 heteroatoms. The van der Waals surface area contributed by atoms with Crippen molar-refractivity contribution in [2.75, 3.05) is 11.5 Å². The van der Waals surface area contributed by atoms with E-state index >= 15 is 0 Å². The molecule has 244 valence electrons. The Morgan fingerprint density at radius 3 is 1.18 bits per heavy atom. The van der Waals surface area contributed by atoms with Gasteiger partial charge in [0, 0.05) is 0 Å². The first-order chi connectivity index (χ1) is 21.0. The van der Waals surface area contributed by atoms with Crippen LogP contribution in [0.5, 0.6) is 0 Å². The number of hydrogen-bond acceptors (Lipinski definition) is 6. The molecule has 0 aromatic carbocycles. The number of fused-ring (bicyclic) bond motifs is 1. The van der Waals surface area contributed by atoms with E-state index < -0.39 is 36.8 Å². The van der Waals surface area contributed by atoms with Crippen LogP contribution in [-0.2, 0) is 0 Å². The van der Waals surface area contributed by atoms with Gasteiger partial charge in [-0.2, -0.15) is 0 Å². The number of thiophene rings is 4. The molecule has 4 rings (SSSR count). The van der Waals surface area contributed by atoms with Gasteiger partial charge in [-0.3, -0.25) is 0 Å². The summed E-state index contributed by atoms with van der Waals surface area (Å²) in [5, 5.41) is 0. The fourth-order valence-electron chi connectivity index (χ4n) is 5.32. The predicted octanol–water partition coefficient (Wildman–Crippen LogP) is 14.4. The Balaban J connectivity index is 1.69. The van der Waals surface area contributed by atoms with Crippen molar-refractivity contribution in [2.24, 2.45) is 0 Å². The minimum absolute atomic E-state index is 1.25. The van der Waals surface area contributed by atoms with Gasteiger partial charge in [-0.25, -0.2) is 0 Å². The van der Waals surface area contributed by atoms with Crippen molar-refractivity contribution in [1.82, 2.24) is 0 Å². The fourth-order valence-corrected chi connectivity index (χ4v) is 24.1. The van der Waals surface area contributed by atoms with E-state index in [0.29, 0.717) is 0 Å². The summed E-state index contributed by atoms with van der Waals surface area (Å²) in [5.41, 5.74) is 0. The number of hydrogen-bond donors (Lipinski definition) is 0. The van der Waals surface area contributed by atoms with Crippen molar-refractivity contribution >= 4 is 121 Å². The summed E-state index contributed by atoms with van der Waals surface area (Å²) in [4.78, 5) is 24.8. The molecule has 4 aromatic heterocycles. The second kappa shape index (κ2) is 18.4. The van der Waals surface area contributed by atoms with Gasteiger partial charge in [-0.05, 0) is 0 Å². The molecule has 0 saturated heterocycles. The van der Waals surface area contributed by atoms with Gasteiger partial charge in [0.25, 0.3) is 0 Å². The molecule has 44 heavy (non-hydrogen) atoms. The molecule has 0 nitrogen and oxygen atoms in total. The first kappa shape index (κ1) is 38.2. The van der Waals surface area contributed by atoms with Crippen LogP contribution in [0.1, 0.15) is 90.9 Å². The molecule has 0 aliphatic rings. The Hall–Kier alpha value is 1.36. The molecule has 0 bridgehead atoms. The van der Waals surface area contributed by atoms with E-state index in [1.807, 2.05) is 0 Å². The molecular weight excluding hydrogens is 862 g/mol. The Kier molecular flexibility index (Phi) is 15.9. The van der Waals surface area contributed by atoms with Gasteiger partial charge in [0.05, 0.1) is 0 Å². The molecule has 0 atom stereocenters. The van der Waals surface area contributed by atoms with E-state index in [1.54, 1.807) is 34.7 Å². The molecule has 0 radical (unpaired) electrons. The van der Waals surface area contributed by atoms with Gasteiger partial charge in [0.2, 0.25) is 0 Å². The molecule has 0 aliphatic heterocycles. The van der Waals surface area contributed by atoms with Crippen LogP contribution < -0.4 is 5.79 Å². The standard InChI is InChI=1S/C30H38S6.6CH3.2Sn/c1-3-5-7-9-11-13-19-33-27-25(23-17-15-21-31-23)35-30-28(34-20-14-12-10-8-6-4-2)26(36-29(27)30)24-18-16-22-32-24;;;;;;;;/h15-18H,3-14,19-20H2,1-2H3;6*1H3;;. The molecular formula is C36H56S6Sn2. The summed E-state index contributed by atoms with van der Waals surface area (Å²) >= 11 is 8.63. The normalized spacial score (nSPS) is 12.6. The van der Waals surface area contributed by atoms with E-state index in [1.165, 1.54) is 98.3 Å². The summed E-state index contributed by atoms with van der Waals surface area (Å²) < 4.78 is 6.58. The van der Waals surface area contributed by atoms with Crippen LogP contribution in [0.2, 0.25) is 29.6 Å². The third-order valence-corrected chi connectivity index (χ3v) is 35.0. The van der Waals surface area contributed by atoms with Gasteiger partial charge >= 0.3 is 280 Å². The van der Waals surface area contributed by atoms with E-state index in [2.05, 4.69) is 137 Å². The number of thioether (sulfide) groups is 2. The monoisotopic (exact) mass is 920 g/mol. The van der Waals surface area contributed by atoms with Crippen LogP contribution in [0, 0.1) is 0 Å². The zero-order valence-electron chi connectivity index (χ0n) is 28.7. The maximum atomic E-state index is 2.56. The number of unbranched alkanes of at least 4 members (excludes halogenated alkanes) is 10. The molecule has 0 unspecified atom stereocenters. The molecule has 4 heterocycles. The fraction of sp³-hybridized carbons (Fsp3) is 0.611. The molecule has 0 spiro atoms. The van der Waals surface area contributed by atoms with E-state index in [9.17, 15) is 0 Å². The van der Waals surface area contributed by atoms with Crippen molar-refractivity contribution in [2.45, 2.75) is 130 Å². The van der Waals surface area contributed by atoms with Crippen molar-refractivity contribution in [3.05, 3.63) is 24.3 Å². The van der Waals surface area contributed by atoms with Crippen LogP contribution >= 0.6 is 68.9 Å². The molecule has 0 fully saturated rings. The topological polar surface area (TPSA) is 0 Å². The molecule has 4 aromatic rings. The molecule has 0 aliphatic carbocycles. The van der Waals surface area contributed by atoms with Crippen LogP contribution in [-0.4, -0.2) is 48.3 Å². The van der Waals surface area contributed by atoms with Gasteiger partial charge < -0.3 is 0 Å². The van der Waals surface area contributed by atoms with Gasteiger partial charge in [0.15, 0.2) is 0 Å². The van der Waals surface area contributed by atoms with Gasteiger partial charge in [-0.1, -0.05) is 26.7 Å². The van der Waals surface area contributed by atoms with E-state index in [0.717, 1.165) is 0 Å². The number of rotatable bonds is 20. The second-order valence-electron chi connectivity index (χ2n) is 14.2. The van der Waals surface area contributed by atoms with Crippen molar-refractivity contribution < 1.29 is 0 Å². The predicted molar refractivity (Wildman–Crippen MR) is 220 cm³/mol. The average Bonchev–Trinajstić information content (AvgIpc) is 3.75. The summed E-state index contributed by atoms with van der Waals surface area (Å²) in [5.74, 6) is 2.49. The van der Waals surface area contributed by atoms with Gasteiger partial charge in [0.1, 0.15) is 0 Å². The summed E-state index contributed by atoms with van der Waals surface area (Å²) in [7, 11) is 0. The first-order valence-electron chi connectivity index (χ1n) is 17.1. The zero-order valence-corrected chi connectivity index (χ0v) is 39.3. The Morgan fingerprint density at radius 2 is 0.841 bits per heavy atom. The Morgan fingerprint density at radius 1 is 0.477 bits per heavy atom. The van der Waals surface area contributed by atoms with Crippen LogP contribution in [0.3, 0.4) is 0 Å². The quantitative estimate of drug-likeness (QED) is 0.0492. The summed E-state index contributed by atoms with van der Waals surface area (Å²) in [6, 6.07) is 9.91. The minimum atomic E-state index is -2.10. The van der Waals surface area contributed by atoms with Crippen LogP contribution in [0.25, 0.3) is 28.9 Å². The third-order valence-electron chi connectivity index (χ3n) is 8.07. The summed E-state index contributed by atoms with van der Waals surface area (Å²) in [6.45, 7) is 4.63. The molecule has 0 N–H and O–H groups in total. The first-order valence-corrected chi connectivity index (χ1v) is 42.3. The Bertz CT molecular complexity index is 1320. The van der Waals surface area contributed by atoms with E-state index in [4.69, 9.17) is 0 Å². The van der Waals surface area contributed by atoms with Crippen LogP contribution in [0.15, 0.2) is 34.1 Å². The second-order valence-corrected chi connectivity index (χ2v) is 51.5. The zero-order chi connectivity index (χ0) is 31.7. The SMILES string of the molecule is CCCCCCCCSc1c(-c2cc[c]([Sn]([CH3])([CH3])[CH3])s2)sc2c(SCCCCCCCC)c(-c3cc[c]([Sn]([CH3])([CH3])[CH3])s3)sc12. The maximum absolute atomic E-state index is 2.56. The summed E-state index contributed by atoms with van der Waals surface area (Å²) in [6.07, 6.45) is 16.5. The molecule has 0 saturated carbocycles. The van der Waals surface area contributed by atoms with Crippen molar-refractivity contribution in [3.63, 3.8) is 0 Å². The van der Waals surface area contributed by atoms with Crippen molar-refractivity contribution in [1.29, 1.82) is 0 Å². The van der Waals surface area contributed by atoms with E-state index in [-0.39, 0.29) is 0 Å². The van der Waals surface area contributed by atoms with Crippen LogP contribution in [0.4, 0.5) is 0 Å². The Labute approximate surface area is 302 Å². The van der Waals surface area contributed by atoms with Gasteiger partial charge in [-0.15, -0.1) is 0 Å². The third kappa shape index (κ3) is 10.7. The average molecular weight is 919 g/mol.